The van der Waals surface area contributed by atoms with E-state index in [0.29, 0.717) is 0 Å². The summed E-state index contributed by atoms with van der Waals surface area (Å²) in [7, 11) is 0. The van der Waals surface area contributed by atoms with Crippen molar-refractivity contribution in [1.82, 2.24) is 0 Å². The lowest BCUT2D eigenvalue weighted by Gasteiger charge is -1.91. The molecule has 0 aromatic heterocycles. The maximum atomic E-state index is 5.24. The maximum Gasteiger partial charge on any atom is 0.0659 e. The minimum absolute atomic E-state index is 0.0370. The lowest BCUT2D eigenvalue weighted by atomic mass is 10.3. The Morgan fingerprint density at radius 2 is 2.50 bits per heavy atom. The van der Waals surface area contributed by atoms with E-state index in [1.54, 1.807) is 0 Å². The molecule has 2 N–H and O–H groups in total. The molecule has 0 aromatic rings. The van der Waals surface area contributed by atoms with Crippen molar-refractivity contribution in [2.75, 3.05) is 0 Å². The Morgan fingerprint density at radius 1 is 2.00 bits per heavy atom. The average Bonchev–Trinajstić information content (AvgIpc) is 1.65. The standard InChI is InChI=1S/C5H9N/c1-3-5(6)4-2/h1,5H,4,6H2,2H3/t5-/m0/s1. The van der Waals surface area contributed by atoms with Gasteiger partial charge in [-0.2, -0.15) is 0 Å². The third kappa shape index (κ3) is 1.80. The van der Waals surface area contributed by atoms with E-state index < -0.39 is 0 Å². The second-order valence-electron chi connectivity index (χ2n) is 1.18. The van der Waals surface area contributed by atoms with Gasteiger partial charge >= 0.3 is 0 Å². The third-order valence-corrected chi connectivity index (χ3v) is 0.654. The van der Waals surface area contributed by atoms with Gasteiger partial charge in [0.25, 0.3) is 0 Å². The topological polar surface area (TPSA) is 26.0 Å². The van der Waals surface area contributed by atoms with Gasteiger partial charge in [0.15, 0.2) is 0 Å². The molecule has 0 heterocycles. The summed E-state index contributed by atoms with van der Waals surface area (Å²) >= 11 is 0. The van der Waals surface area contributed by atoms with Crippen LogP contribution in [0.3, 0.4) is 0 Å². The zero-order valence-electron chi connectivity index (χ0n) is 3.94. The molecule has 0 aromatic carbocycles. The van der Waals surface area contributed by atoms with E-state index in [1.807, 2.05) is 6.92 Å². The van der Waals surface area contributed by atoms with E-state index in [2.05, 4.69) is 5.92 Å². The van der Waals surface area contributed by atoms with Crippen LogP contribution >= 0.6 is 0 Å². The van der Waals surface area contributed by atoms with Crippen LogP contribution in [0.2, 0.25) is 0 Å². The number of hydrogen-bond donors (Lipinski definition) is 1. The van der Waals surface area contributed by atoms with Crippen LogP contribution in [0.15, 0.2) is 0 Å². The first kappa shape index (κ1) is 5.52. The molecule has 1 atom stereocenters. The van der Waals surface area contributed by atoms with Crippen molar-refractivity contribution < 1.29 is 0 Å². The lowest BCUT2D eigenvalue weighted by molar-refractivity contribution is 0.807. The van der Waals surface area contributed by atoms with Crippen LogP contribution in [0.5, 0.6) is 0 Å². The van der Waals surface area contributed by atoms with Crippen molar-refractivity contribution in [3.05, 3.63) is 0 Å². The van der Waals surface area contributed by atoms with Crippen LogP contribution in [-0.4, -0.2) is 6.04 Å². The Bertz CT molecular complexity index is 60.8. The fraction of sp³-hybridized carbons (Fsp3) is 0.600. The van der Waals surface area contributed by atoms with E-state index >= 15 is 0 Å². The summed E-state index contributed by atoms with van der Waals surface area (Å²) in [4.78, 5) is 0. The van der Waals surface area contributed by atoms with Gasteiger partial charge in [-0.25, -0.2) is 0 Å². The van der Waals surface area contributed by atoms with Crippen LogP contribution in [0, 0.1) is 12.3 Å². The Kier molecular flexibility index (Phi) is 2.52. The van der Waals surface area contributed by atoms with E-state index in [9.17, 15) is 0 Å². The predicted molar refractivity (Wildman–Crippen MR) is 27.1 cm³/mol. The van der Waals surface area contributed by atoms with Gasteiger partial charge in [0.2, 0.25) is 0 Å². The molecular formula is C5H9N. The van der Waals surface area contributed by atoms with Crippen LogP contribution in [0.25, 0.3) is 0 Å². The quantitative estimate of drug-likeness (QED) is 0.455. The van der Waals surface area contributed by atoms with E-state index in [0.717, 1.165) is 6.42 Å². The van der Waals surface area contributed by atoms with Gasteiger partial charge in [-0.05, 0) is 6.42 Å². The molecule has 0 radical (unpaired) electrons. The van der Waals surface area contributed by atoms with Crippen molar-refractivity contribution in [3.63, 3.8) is 0 Å². The fourth-order valence-corrected chi connectivity index (χ4v) is 0.118. The first-order chi connectivity index (χ1) is 2.81. The molecule has 0 unspecified atom stereocenters. The SMILES string of the molecule is C#C[C@H](N)CC. The smallest absolute Gasteiger partial charge is 0.0659 e. The molecule has 6 heavy (non-hydrogen) atoms. The van der Waals surface area contributed by atoms with E-state index in [1.165, 1.54) is 0 Å². The van der Waals surface area contributed by atoms with Gasteiger partial charge in [-0.3, -0.25) is 0 Å². The summed E-state index contributed by atoms with van der Waals surface area (Å²) in [6.45, 7) is 1.96. The Balaban J connectivity index is 3.04. The Labute approximate surface area is 38.5 Å². The molecule has 0 aliphatic rings. The van der Waals surface area contributed by atoms with Gasteiger partial charge < -0.3 is 5.73 Å². The summed E-state index contributed by atoms with van der Waals surface area (Å²) in [5.74, 6) is 2.39. The second kappa shape index (κ2) is 2.74. The van der Waals surface area contributed by atoms with E-state index in [-0.39, 0.29) is 6.04 Å². The van der Waals surface area contributed by atoms with Crippen molar-refractivity contribution >= 4 is 0 Å². The molecule has 0 aliphatic heterocycles. The van der Waals surface area contributed by atoms with Gasteiger partial charge in [-0.15, -0.1) is 6.42 Å². The number of hydrogen-bond acceptors (Lipinski definition) is 1. The van der Waals surface area contributed by atoms with Crippen molar-refractivity contribution in [2.24, 2.45) is 5.73 Å². The van der Waals surface area contributed by atoms with Gasteiger partial charge in [-0.1, -0.05) is 12.8 Å². The lowest BCUT2D eigenvalue weighted by Crippen LogP contribution is -2.14. The molecule has 1 nitrogen and oxygen atoms in total. The van der Waals surface area contributed by atoms with Crippen LogP contribution in [0.4, 0.5) is 0 Å². The summed E-state index contributed by atoms with van der Waals surface area (Å²) in [6.07, 6.45) is 5.78. The van der Waals surface area contributed by atoms with Gasteiger partial charge in [0, 0.05) is 0 Å². The summed E-state index contributed by atoms with van der Waals surface area (Å²) in [6, 6.07) is -0.0370. The van der Waals surface area contributed by atoms with Crippen molar-refractivity contribution in [2.45, 2.75) is 19.4 Å². The van der Waals surface area contributed by atoms with Crippen LogP contribution in [-0.2, 0) is 0 Å². The highest BCUT2D eigenvalue weighted by Gasteiger charge is 1.84. The molecule has 0 aliphatic carbocycles. The highest BCUT2D eigenvalue weighted by atomic mass is 14.6. The maximum absolute atomic E-state index is 5.24. The summed E-state index contributed by atoms with van der Waals surface area (Å²) < 4.78 is 0. The number of rotatable bonds is 1. The van der Waals surface area contributed by atoms with Crippen LogP contribution in [0.1, 0.15) is 13.3 Å². The zero-order valence-corrected chi connectivity index (χ0v) is 3.94. The Morgan fingerprint density at radius 3 is 2.50 bits per heavy atom. The average molecular weight is 83.1 g/mol. The number of nitrogens with two attached hydrogens (primary N) is 1. The van der Waals surface area contributed by atoms with Crippen molar-refractivity contribution in [1.29, 1.82) is 0 Å². The van der Waals surface area contributed by atoms with Crippen molar-refractivity contribution in [3.8, 4) is 12.3 Å². The normalized spacial score (nSPS) is 12.8. The highest BCUT2D eigenvalue weighted by molar-refractivity contribution is 4.95. The predicted octanol–water partition coefficient (Wildman–Crippen LogP) is 0.357. The minimum Gasteiger partial charge on any atom is -0.318 e. The minimum atomic E-state index is -0.0370. The third-order valence-electron chi connectivity index (χ3n) is 0.654. The molecule has 0 spiro atoms. The summed E-state index contributed by atoms with van der Waals surface area (Å²) in [5, 5.41) is 0. The molecular weight excluding hydrogens is 74.1 g/mol. The Hall–Kier alpha value is -0.480. The molecule has 0 rings (SSSR count). The summed E-state index contributed by atoms with van der Waals surface area (Å²) in [5.41, 5.74) is 5.24. The fourth-order valence-electron chi connectivity index (χ4n) is 0.118. The zero-order chi connectivity index (χ0) is 4.99. The van der Waals surface area contributed by atoms with Gasteiger partial charge in [0.1, 0.15) is 0 Å². The molecule has 0 amide bonds. The second-order valence-corrected chi connectivity index (χ2v) is 1.18. The first-order valence-corrected chi connectivity index (χ1v) is 2.03. The number of terminal acetylenes is 1. The van der Waals surface area contributed by atoms with E-state index in [4.69, 9.17) is 12.2 Å². The molecule has 0 fully saturated rings. The first-order valence-electron chi connectivity index (χ1n) is 2.03. The monoisotopic (exact) mass is 83.1 g/mol. The highest BCUT2D eigenvalue weighted by Crippen LogP contribution is 1.77. The molecule has 0 bridgehead atoms. The molecule has 34 valence electrons. The largest absolute Gasteiger partial charge is 0.318 e. The molecule has 0 saturated heterocycles. The molecule has 0 saturated carbocycles. The van der Waals surface area contributed by atoms with Gasteiger partial charge in [0.05, 0.1) is 6.04 Å². The molecule has 1 heteroatoms. The van der Waals surface area contributed by atoms with Crippen LogP contribution < -0.4 is 5.73 Å².